The Balaban J connectivity index is 2.14. The minimum Gasteiger partial charge on any atom is -0.250 e. The van der Waals surface area contributed by atoms with Crippen molar-refractivity contribution in [1.82, 2.24) is 4.98 Å². The normalized spacial score (nSPS) is 12.0. The van der Waals surface area contributed by atoms with Crippen LogP contribution < -0.4 is 15.9 Å². The van der Waals surface area contributed by atoms with Gasteiger partial charge in [0.2, 0.25) is 0 Å². The summed E-state index contributed by atoms with van der Waals surface area (Å²) in [6.45, 7) is 0. The van der Waals surface area contributed by atoms with E-state index in [0.717, 1.165) is 0 Å². The quantitative estimate of drug-likeness (QED) is 0.370. The van der Waals surface area contributed by atoms with E-state index in [2.05, 4.69) is 4.98 Å². The molecule has 0 saturated carbocycles. The molecule has 0 aliphatic heterocycles. The van der Waals surface area contributed by atoms with Crippen LogP contribution in [0.25, 0.3) is 0 Å². The Morgan fingerprint density at radius 3 is 1.45 bits per heavy atom. The van der Waals surface area contributed by atoms with E-state index in [4.69, 9.17) is 11.6 Å². The maximum atomic E-state index is 16.6. The van der Waals surface area contributed by atoms with Crippen molar-refractivity contribution >= 4 is 34.8 Å². The first kappa shape index (κ1) is 19.7. The van der Waals surface area contributed by atoms with Crippen LogP contribution in [0.15, 0.2) is 109 Å². The van der Waals surface area contributed by atoms with Crippen molar-refractivity contribution in [2.45, 2.75) is 5.66 Å². The van der Waals surface area contributed by atoms with E-state index in [9.17, 15) is 0 Å². The van der Waals surface area contributed by atoms with Gasteiger partial charge in [-0.05, 0) is 48.5 Å². The molecule has 0 amide bonds. The van der Waals surface area contributed by atoms with Crippen LogP contribution in [0, 0.1) is 0 Å². The van der Waals surface area contributed by atoms with Gasteiger partial charge in [0.25, 0.3) is 0 Å². The van der Waals surface area contributed by atoms with E-state index in [1.54, 1.807) is 72.8 Å². The van der Waals surface area contributed by atoms with Gasteiger partial charge in [0.15, 0.2) is 13.0 Å². The van der Waals surface area contributed by atoms with Gasteiger partial charge < -0.3 is 0 Å². The van der Waals surface area contributed by atoms with Crippen molar-refractivity contribution in [1.29, 1.82) is 0 Å². The molecule has 0 aliphatic rings. The smallest absolute Gasteiger partial charge is 0.250 e. The average molecular weight is 425 g/mol. The molecule has 1 heterocycles. The number of rotatable bonds is 5. The molecule has 0 N–H and O–H groups in total. The lowest BCUT2D eigenvalue weighted by atomic mass is 10.3. The monoisotopic (exact) mass is 424 g/mol. The molecule has 4 rings (SSSR count). The van der Waals surface area contributed by atoms with Gasteiger partial charge in [-0.3, -0.25) is 4.98 Å². The molecule has 0 bridgehead atoms. The van der Waals surface area contributed by atoms with Gasteiger partial charge in [-0.25, -0.2) is 0 Å². The van der Waals surface area contributed by atoms with Gasteiger partial charge in [0.05, 0.1) is 0 Å². The number of hydrogen-bond donors (Lipinski definition) is 0. The highest BCUT2D eigenvalue weighted by atomic mass is 35.5. The first-order chi connectivity index (χ1) is 14.1. The first-order valence-electron chi connectivity index (χ1n) is 9.12. The van der Waals surface area contributed by atoms with Crippen molar-refractivity contribution in [3.8, 4) is 0 Å². The summed E-state index contributed by atoms with van der Waals surface area (Å²) in [5, 5.41) is 2.00. The number of nitrogens with zero attached hydrogens (tertiary/aromatic N) is 1. The predicted octanol–water partition coefficient (Wildman–Crippen LogP) is 5.78. The Morgan fingerprint density at radius 1 is 0.655 bits per heavy atom. The van der Waals surface area contributed by atoms with Crippen LogP contribution in [0.3, 0.4) is 0 Å². The Morgan fingerprint density at radius 2 is 1.07 bits per heavy atom. The molecule has 1 nitrogen and oxygen atoms in total. The molecule has 29 heavy (non-hydrogen) atoms. The minimum atomic E-state index is -3.45. The maximum Gasteiger partial charge on any atom is 0.410 e. The number of hydrogen-bond acceptors (Lipinski definition) is 1. The molecule has 0 unspecified atom stereocenters. The zero-order valence-corrected chi connectivity index (χ0v) is 17.1. The van der Waals surface area contributed by atoms with E-state index in [1.807, 2.05) is 18.2 Å². The molecule has 0 atom stereocenters. The maximum absolute atomic E-state index is 16.6. The summed E-state index contributed by atoms with van der Waals surface area (Å²) in [4.78, 5) is 4.05. The summed E-state index contributed by atoms with van der Waals surface area (Å²) in [6, 6.07) is 29.8. The highest BCUT2D eigenvalue weighted by Gasteiger charge is 2.67. The molecule has 0 saturated heterocycles. The summed E-state index contributed by atoms with van der Waals surface area (Å²) in [5.74, 6) is 0. The Kier molecular flexibility index (Phi) is 5.45. The number of aromatic nitrogens is 1. The number of halogens is 3. The molecule has 0 radical (unpaired) electrons. The number of alkyl halides is 2. The molecule has 1 aromatic heterocycles. The molecule has 0 fully saturated rings. The van der Waals surface area contributed by atoms with Crippen molar-refractivity contribution in [3.05, 3.63) is 120 Å². The largest absolute Gasteiger partial charge is 0.410 e. The van der Waals surface area contributed by atoms with Crippen LogP contribution >= 0.6 is 18.9 Å². The lowest BCUT2D eigenvalue weighted by Gasteiger charge is -2.33. The lowest BCUT2D eigenvalue weighted by molar-refractivity contribution is 0.0919. The SMILES string of the molecule is FC(F)(c1cc(Cl)ccn1)[P+](c1ccccc1)(c1ccccc1)c1ccccc1. The van der Waals surface area contributed by atoms with Crippen LogP contribution in [0.5, 0.6) is 0 Å². The highest BCUT2D eigenvalue weighted by molar-refractivity contribution is 7.96. The van der Waals surface area contributed by atoms with E-state index in [-0.39, 0.29) is 10.7 Å². The fourth-order valence-corrected chi connectivity index (χ4v) is 7.98. The van der Waals surface area contributed by atoms with Crippen molar-refractivity contribution in [3.63, 3.8) is 0 Å². The van der Waals surface area contributed by atoms with Gasteiger partial charge in [-0.2, -0.15) is 8.78 Å². The van der Waals surface area contributed by atoms with Crippen molar-refractivity contribution < 1.29 is 8.78 Å². The van der Waals surface area contributed by atoms with Gasteiger partial charge >= 0.3 is 5.66 Å². The fraction of sp³-hybridized carbons (Fsp3) is 0.0417. The molecular formula is C24H18ClF2NP+. The van der Waals surface area contributed by atoms with Gasteiger partial charge in [-0.1, -0.05) is 66.2 Å². The average Bonchev–Trinajstić information content (AvgIpc) is 2.76. The molecule has 0 spiro atoms. The summed E-state index contributed by atoms with van der Waals surface area (Å²) in [6.07, 6.45) is 1.33. The van der Waals surface area contributed by atoms with E-state index < -0.39 is 12.9 Å². The number of benzene rings is 3. The molecule has 5 heteroatoms. The van der Waals surface area contributed by atoms with Crippen LogP contribution in [0.4, 0.5) is 8.78 Å². The fourth-order valence-electron chi connectivity index (χ4n) is 3.63. The van der Waals surface area contributed by atoms with E-state index in [1.165, 1.54) is 18.3 Å². The summed E-state index contributed by atoms with van der Waals surface area (Å²) < 4.78 is 33.3. The van der Waals surface area contributed by atoms with E-state index in [0.29, 0.717) is 15.9 Å². The number of pyridine rings is 1. The minimum absolute atomic E-state index is 0.238. The zero-order chi connectivity index (χ0) is 20.3. The van der Waals surface area contributed by atoms with Crippen LogP contribution in [0.2, 0.25) is 5.02 Å². The Hall–Kier alpha value is -2.61. The molecule has 3 aromatic carbocycles. The van der Waals surface area contributed by atoms with Gasteiger partial charge in [-0.15, -0.1) is 0 Å². The topological polar surface area (TPSA) is 12.9 Å². The van der Waals surface area contributed by atoms with Crippen molar-refractivity contribution in [2.24, 2.45) is 0 Å². The van der Waals surface area contributed by atoms with Gasteiger partial charge in [0, 0.05) is 11.2 Å². The summed E-state index contributed by atoms with van der Waals surface area (Å²) >= 11 is 6.08. The predicted molar refractivity (Wildman–Crippen MR) is 118 cm³/mol. The molecular weight excluding hydrogens is 407 g/mol. The standard InChI is InChI=1S/C24H18ClF2NP/c25-19-16-17-28-23(18-19)24(26,27)29(20-10-4-1-5-11-20,21-12-6-2-7-13-21)22-14-8-3-9-15-22/h1-18H/q+1. The van der Waals surface area contributed by atoms with Crippen molar-refractivity contribution in [2.75, 3.05) is 0 Å². The van der Waals surface area contributed by atoms with Crippen LogP contribution in [0.1, 0.15) is 5.69 Å². The third-order valence-electron chi connectivity index (χ3n) is 4.88. The third kappa shape index (κ3) is 3.35. The van der Waals surface area contributed by atoms with Gasteiger partial charge in [0.1, 0.15) is 15.9 Å². The van der Waals surface area contributed by atoms with E-state index >= 15 is 8.78 Å². The lowest BCUT2D eigenvalue weighted by Crippen LogP contribution is -2.41. The summed E-state index contributed by atoms with van der Waals surface area (Å²) in [5.41, 5.74) is -3.60. The Bertz CT molecular complexity index is 993. The first-order valence-corrected chi connectivity index (χ1v) is 11.3. The third-order valence-corrected chi connectivity index (χ3v) is 9.41. The van der Waals surface area contributed by atoms with Crippen LogP contribution in [-0.4, -0.2) is 4.98 Å². The Labute approximate surface area is 174 Å². The second kappa shape index (κ2) is 8.02. The van der Waals surface area contributed by atoms with Crippen LogP contribution in [-0.2, 0) is 5.66 Å². The second-order valence-electron chi connectivity index (χ2n) is 6.58. The molecule has 0 aliphatic carbocycles. The molecule has 144 valence electrons. The zero-order valence-electron chi connectivity index (χ0n) is 15.4. The summed E-state index contributed by atoms with van der Waals surface area (Å²) in [7, 11) is -3.45. The molecule has 4 aromatic rings. The highest BCUT2D eigenvalue weighted by Crippen LogP contribution is 2.71. The second-order valence-corrected chi connectivity index (χ2v) is 10.5.